The fraction of sp³-hybridized carbons (Fsp3) is 1.00. The Balaban J connectivity index is 3.82. The van der Waals surface area contributed by atoms with E-state index < -0.39 is 0 Å². The van der Waals surface area contributed by atoms with E-state index in [1.54, 1.807) is 0 Å². The summed E-state index contributed by atoms with van der Waals surface area (Å²) in [5.41, 5.74) is 0. The number of hydrogen-bond acceptors (Lipinski definition) is 2. The highest BCUT2D eigenvalue weighted by atomic mass is 16.7. The molecule has 1 atom stereocenters. The SMILES string of the molecule is CCCCCCCOC(CCCCCCCC(C)CCCC)OCCCCCCC. The van der Waals surface area contributed by atoms with E-state index >= 15 is 0 Å². The molecule has 0 aliphatic heterocycles. The third-order valence-electron chi connectivity index (χ3n) is 6.29. The monoisotopic (exact) mass is 426 g/mol. The molecule has 0 bridgehead atoms. The fourth-order valence-corrected chi connectivity index (χ4v) is 4.09. The molecule has 0 radical (unpaired) electrons. The van der Waals surface area contributed by atoms with Crippen LogP contribution < -0.4 is 0 Å². The van der Waals surface area contributed by atoms with E-state index in [0.717, 1.165) is 25.6 Å². The van der Waals surface area contributed by atoms with Crippen LogP contribution in [0.5, 0.6) is 0 Å². The largest absolute Gasteiger partial charge is 0.353 e. The summed E-state index contributed by atoms with van der Waals surface area (Å²) in [4.78, 5) is 0. The van der Waals surface area contributed by atoms with Crippen molar-refractivity contribution in [3.05, 3.63) is 0 Å². The van der Waals surface area contributed by atoms with E-state index in [9.17, 15) is 0 Å². The van der Waals surface area contributed by atoms with Gasteiger partial charge in [-0.15, -0.1) is 0 Å². The molecule has 0 fully saturated rings. The molecule has 2 heteroatoms. The molecule has 0 rings (SSSR count). The average molecular weight is 427 g/mol. The lowest BCUT2D eigenvalue weighted by Gasteiger charge is -2.19. The standard InChI is InChI=1S/C28H58O2/c1-5-8-11-16-20-25-29-28(30-26-21-17-12-9-6-2)24-19-15-13-14-18-23-27(4)22-10-7-3/h27-28H,5-26H2,1-4H3. The van der Waals surface area contributed by atoms with Gasteiger partial charge in [0.1, 0.15) is 0 Å². The van der Waals surface area contributed by atoms with Crippen molar-refractivity contribution >= 4 is 0 Å². The van der Waals surface area contributed by atoms with Crippen LogP contribution in [-0.2, 0) is 9.47 Å². The summed E-state index contributed by atoms with van der Waals surface area (Å²) >= 11 is 0. The zero-order valence-corrected chi connectivity index (χ0v) is 21.5. The highest BCUT2D eigenvalue weighted by molar-refractivity contribution is 4.55. The summed E-state index contributed by atoms with van der Waals surface area (Å²) in [5.74, 6) is 0.922. The molecule has 0 N–H and O–H groups in total. The van der Waals surface area contributed by atoms with Crippen LogP contribution in [-0.4, -0.2) is 19.5 Å². The first-order valence-corrected chi connectivity index (χ1v) is 14.0. The Bertz CT molecular complexity index is 289. The van der Waals surface area contributed by atoms with Gasteiger partial charge in [0.2, 0.25) is 0 Å². The topological polar surface area (TPSA) is 18.5 Å². The van der Waals surface area contributed by atoms with Crippen molar-refractivity contribution in [2.45, 2.75) is 162 Å². The van der Waals surface area contributed by atoms with Crippen LogP contribution in [0.25, 0.3) is 0 Å². The van der Waals surface area contributed by atoms with E-state index in [4.69, 9.17) is 9.47 Å². The maximum Gasteiger partial charge on any atom is 0.157 e. The lowest BCUT2D eigenvalue weighted by Crippen LogP contribution is -2.19. The van der Waals surface area contributed by atoms with Crippen molar-refractivity contribution in [2.24, 2.45) is 5.92 Å². The molecule has 0 saturated heterocycles. The Morgan fingerprint density at radius 2 is 0.833 bits per heavy atom. The Labute approximate surface area is 191 Å². The van der Waals surface area contributed by atoms with Crippen molar-refractivity contribution in [3.63, 3.8) is 0 Å². The summed E-state index contributed by atoms with van der Waals surface area (Å²) in [7, 11) is 0. The Morgan fingerprint density at radius 1 is 0.433 bits per heavy atom. The predicted molar refractivity (Wildman–Crippen MR) is 134 cm³/mol. The van der Waals surface area contributed by atoms with Gasteiger partial charge in [0.15, 0.2) is 6.29 Å². The highest BCUT2D eigenvalue weighted by Gasteiger charge is 2.09. The quantitative estimate of drug-likeness (QED) is 0.107. The third-order valence-corrected chi connectivity index (χ3v) is 6.29. The van der Waals surface area contributed by atoms with Gasteiger partial charge in [-0.05, 0) is 31.6 Å². The zero-order valence-electron chi connectivity index (χ0n) is 21.5. The summed E-state index contributed by atoms with van der Waals surface area (Å²) < 4.78 is 12.2. The van der Waals surface area contributed by atoms with Gasteiger partial charge in [-0.25, -0.2) is 0 Å². The molecular formula is C28H58O2. The first-order chi connectivity index (χ1) is 14.7. The lowest BCUT2D eigenvalue weighted by molar-refractivity contribution is -0.148. The molecule has 0 aliphatic carbocycles. The Hall–Kier alpha value is -0.0800. The van der Waals surface area contributed by atoms with Gasteiger partial charge in [0.05, 0.1) is 0 Å². The zero-order chi connectivity index (χ0) is 22.1. The summed E-state index contributed by atoms with van der Waals surface area (Å²) in [6.45, 7) is 11.0. The second-order valence-electron chi connectivity index (χ2n) is 9.59. The maximum atomic E-state index is 6.12. The molecule has 0 aliphatic rings. The van der Waals surface area contributed by atoms with E-state index in [1.807, 2.05) is 0 Å². The molecule has 0 saturated carbocycles. The smallest absolute Gasteiger partial charge is 0.157 e. The Morgan fingerprint density at radius 3 is 1.37 bits per heavy atom. The normalized spacial score (nSPS) is 12.7. The number of rotatable bonds is 25. The highest BCUT2D eigenvalue weighted by Crippen LogP contribution is 2.18. The molecule has 1 unspecified atom stereocenters. The third kappa shape index (κ3) is 22.6. The first kappa shape index (κ1) is 29.9. The molecule has 30 heavy (non-hydrogen) atoms. The van der Waals surface area contributed by atoms with Crippen molar-refractivity contribution in [1.29, 1.82) is 0 Å². The second kappa shape index (κ2) is 25.2. The lowest BCUT2D eigenvalue weighted by atomic mass is 9.97. The van der Waals surface area contributed by atoms with Gasteiger partial charge >= 0.3 is 0 Å². The van der Waals surface area contributed by atoms with Crippen LogP contribution in [0.3, 0.4) is 0 Å². The summed E-state index contributed by atoms with van der Waals surface area (Å²) in [6.07, 6.45) is 26.5. The minimum absolute atomic E-state index is 0.0383. The summed E-state index contributed by atoms with van der Waals surface area (Å²) in [6, 6.07) is 0. The van der Waals surface area contributed by atoms with Crippen molar-refractivity contribution in [1.82, 2.24) is 0 Å². The van der Waals surface area contributed by atoms with Crippen LogP contribution in [0.15, 0.2) is 0 Å². The van der Waals surface area contributed by atoms with Gasteiger partial charge in [0.25, 0.3) is 0 Å². The van der Waals surface area contributed by atoms with Gasteiger partial charge < -0.3 is 9.47 Å². The molecule has 0 spiro atoms. The predicted octanol–water partition coefficient (Wildman–Crippen LogP) is 9.84. The van der Waals surface area contributed by atoms with Gasteiger partial charge in [0, 0.05) is 13.2 Å². The van der Waals surface area contributed by atoms with Crippen LogP contribution in [0.1, 0.15) is 156 Å². The fourth-order valence-electron chi connectivity index (χ4n) is 4.09. The minimum Gasteiger partial charge on any atom is -0.353 e. The molecule has 182 valence electrons. The van der Waals surface area contributed by atoms with E-state index in [0.29, 0.717) is 0 Å². The van der Waals surface area contributed by atoms with Crippen molar-refractivity contribution in [3.8, 4) is 0 Å². The first-order valence-electron chi connectivity index (χ1n) is 14.0. The van der Waals surface area contributed by atoms with Crippen LogP contribution in [0.4, 0.5) is 0 Å². The molecule has 0 aromatic carbocycles. The van der Waals surface area contributed by atoms with E-state index in [-0.39, 0.29) is 6.29 Å². The maximum absolute atomic E-state index is 6.12. The number of unbranched alkanes of at least 4 members (excludes halogenated alkanes) is 13. The molecule has 0 heterocycles. The molecule has 2 nitrogen and oxygen atoms in total. The molecule has 0 aromatic heterocycles. The number of ether oxygens (including phenoxy) is 2. The van der Waals surface area contributed by atoms with Crippen molar-refractivity contribution < 1.29 is 9.47 Å². The average Bonchev–Trinajstić information content (AvgIpc) is 2.75. The minimum atomic E-state index is 0.0383. The van der Waals surface area contributed by atoms with Gasteiger partial charge in [-0.3, -0.25) is 0 Å². The van der Waals surface area contributed by atoms with Gasteiger partial charge in [-0.2, -0.15) is 0 Å². The van der Waals surface area contributed by atoms with E-state index in [1.165, 1.54) is 122 Å². The van der Waals surface area contributed by atoms with Gasteiger partial charge in [-0.1, -0.05) is 130 Å². The van der Waals surface area contributed by atoms with Crippen LogP contribution >= 0.6 is 0 Å². The number of hydrogen-bond donors (Lipinski definition) is 0. The van der Waals surface area contributed by atoms with Crippen LogP contribution in [0.2, 0.25) is 0 Å². The Kier molecular flexibility index (Phi) is 25.1. The molecular weight excluding hydrogens is 368 g/mol. The second-order valence-corrected chi connectivity index (χ2v) is 9.59. The van der Waals surface area contributed by atoms with Crippen LogP contribution in [0, 0.1) is 5.92 Å². The summed E-state index contributed by atoms with van der Waals surface area (Å²) in [5, 5.41) is 0. The van der Waals surface area contributed by atoms with E-state index in [2.05, 4.69) is 27.7 Å². The van der Waals surface area contributed by atoms with Crippen molar-refractivity contribution in [2.75, 3.05) is 13.2 Å². The molecule has 0 aromatic rings. The molecule has 0 amide bonds.